The normalized spacial score (nSPS) is 11.5. The van der Waals surface area contributed by atoms with E-state index in [-0.39, 0.29) is 5.43 Å². The summed E-state index contributed by atoms with van der Waals surface area (Å²) in [4.78, 5) is 20.6. The maximum Gasteiger partial charge on any atom is 0.198 e. The van der Waals surface area contributed by atoms with Crippen LogP contribution < -0.4 is 5.43 Å². The van der Waals surface area contributed by atoms with Gasteiger partial charge in [-0.15, -0.1) is 5.10 Å². The zero-order chi connectivity index (χ0) is 18.5. The highest BCUT2D eigenvalue weighted by Crippen LogP contribution is 2.22. The number of hydrogen-bond donors (Lipinski definition) is 1. The van der Waals surface area contributed by atoms with Gasteiger partial charge in [0.15, 0.2) is 16.9 Å². The molecule has 7 nitrogen and oxygen atoms in total. The lowest BCUT2D eigenvalue weighted by atomic mass is 10.1. The summed E-state index contributed by atoms with van der Waals surface area (Å²) in [6.45, 7) is 1.80. The van der Waals surface area contributed by atoms with Crippen LogP contribution in [0.15, 0.2) is 59.7 Å². The van der Waals surface area contributed by atoms with E-state index in [1.165, 1.54) is 0 Å². The first-order valence-electron chi connectivity index (χ1n) is 8.58. The maximum atomic E-state index is 12.7. The summed E-state index contributed by atoms with van der Waals surface area (Å²) in [5.41, 5.74) is 4.71. The molecule has 0 saturated heterocycles. The average Bonchev–Trinajstić information content (AvgIpc) is 3.30. The smallest absolute Gasteiger partial charge is 0.198 e. The average molecular weight is 356 g/mol. The summed E-state index contributed by atoms with van der Waals surface area (Å²) in [6, 6.07) is 13.3. The summed E-state index contributed by atoms with van der Waals surface area (Å²) >= 11 is 0. The summed E-state index contributed by atoms with van der Waals surface area (Å²) in [5.74, 6) is 0.498. The van der Waals surface area contributed by atoms with Crippen LogP contribution in [-0.4, -0.2) is 29.4 Å². The summed E-state index contributed by atoms with van der Waals surface area (Å²) in [6.07, 6.45) is 3.67. The van der Waals surface area contributed by atoms with Gasteiger partial charge >= 0.3 is 0 Å². The Balaban J connectivity index is 1.70. The van der Waals surface area contributed by atoms with Gasteiger partial charge in [0.05, 0.1) is 11.4 Å². The van der Waals surface area contributed by atoms with Crippen molar-refractivity contribution in [2.75, 3.05) is 0 Å². The van der Waals surface area contributed by atoms with Crippen molar-refractivity contribution >= 4 is 16.6 Å². The highest BCUT2D eigenvalue weighted by molar-refractivity contribution is 5.82. The third-order valence-electron chi connectivity index (χ3n) is 4.82. The van der Waals surface area contributed by atoms with Gasteiger partial charge in [-0.25, -0.2) is 9.50 Å². The lowest BCUT2D eigenvalue weighted by molar-refractivity contribution is 0.774. The van der Waals surface area contributed by atoms with Crippen LogP contribution >= 0.6 is 0 Å². The molecular weight excluding hydrogens is 340 g/mol. The number of aryl methyl sites for hydroxylation is 1. The van der Waals surface area contributed by atoms with E-state index < -0.39 is 0 Å². The standard InChI is InChI=1S/C20H16N6O/c1-12-18(22-15-6-4-3-5-14(15)19(12)27)20-23-17-8-7-13(11-26(17)24-20)16-9-10-21-25(16)2/h3-11H,1-2H3,(H,22,27). The fraction of sp³-hybridized carbons (Fsp3) is 0.100. The van der Waals surface area contributed by atoms with Crippen molar-refractivity contribution in [3.63, 3.8) is 0 Å². The molecular formula is C20H16N6O. The maximum absolute atomic E-state index is 12.7. The number of aromatic nitrogens is 6. The highest BCUT2D eigenvalue weighted by atomic mass is 16.1. The van der Waals surface area contributed by atoms with E-state index in [4.69, 9.17) is 0 Å². The van der Waals surface area contributed by atoms with Crippen molar-refractivity contribution in [1.82, 2.24) is 29.4 Å². The van der Waals surface area contributed by atoms with Crippen molar-refractivity contribution in [1.29, 1.82) is 0 Å². The van der Waals surface area contributed by atoms with E-state index in [0.717, 1.165) is 16.8 Å². The van der Waals surface area contributed by atoms with E-state index in [0.29, 0.717) is 28.1 Å². The van der Waals surface area contributed by atoms with Crippen LogP contribution in [0.3, 0.4) is 0 Å². The molecule has 0 spiro atoms. The molecule has 0 saturated carbocycles. The van der Waals surface area contributed by atoms with Gasteiger partial charge in [0.2, 0.25) is 0 Å². The van der Waals surface area contributed by atoms with Crippen LogP contribution in [0.5, 0.6) is 0 Å². The zero-order valence-corrected chi connectivity index (χ0v) is 14.8. The van der Waals surface area contributed by atoms with E-state index in [2.05, 4.69) is 20.2 Å². The molecule has 0 aliphatic rings. The molecule has 132 valence electrons. The van der Waals surface area contributed by atoms with Gasteiger partial charge in [-0.05, 0) is 37.3 Å². The number of hydrogen-bond acceptors (Lipinski definition) is 4. The summed E-state index contributed by atoms with van der Waals surface area (Å²) in [5, 5.41) is 9.47. The molecule has 0 unspecified atom stereocenters. The van der Waals surface area contributed by atoms with E-state index in [1.54, 1.807) is 17.6 Å². The highest BCUT2D eigenvalue weighted by Gasteiger charge is 2.15. The van der Waals surface area contributed by atoms with Gasteiger partial charge in [0, 0.05) is 41.5 Å². The number of pyridine rings is 2. The number of nitrogens with zero attached hydrogens (tertiary/aromatic N) is 5. The van der Waals surface area contributed by atoms with Gasteiger partial charge in [-0.2, -0.15) is 5.10 Å². The Kier molecular flexibility index (Phi) is 3.24. The number of H-pyrrole nitrogens is 1. The van der Waals surface area contributed by atoms with E-state index in [1.807, 2.05) is 60.4 Å². The molecule has 0 fully saturated rings. The van der Waals surface area contributed by atoms with Gasteiger partial charge < -0.3 is 4.98 Å². The summed E-state index contributed by atoms with van der Waals surface area (Å²) in [7, 11) is 1.90. The van der Waals surface area contributed by atoms with Gasteiger partial charge in [0.25, 0.3) is 0 Å². The third kappa shape index (κ3) is 2.36. The molecule has 1 N–H and O–H groups in total. The second-order valence-electron chi connectivity index (χ2n) is 6.50. The topological polar surface area (TPSA) is 80.9 Å². The minimum absolute atomic E-state index is 0.00576. The fourth-order valence-electron chi connectivity index (χ4n) is 3.36. The third-order valence-corrected chi connectivity index (χ3v) is 4.82. The van der Waals surface area contributed by atoms with Crippen LogP contribution in [0.4, 0.5) is 0 Å². The number of aromatic amines is 1. The van der Waals surface area contributed by atoms with Gasteiger partial charge in [-0.3, -0.25) is 9.48 Å². The SMILES string of the molecule is Cc1c(-c2nc3ccc(-c4ccnn4C)cn3n2)[nH]c2ccccc2c1=O. The second-order valence-corrected chi connectivity index (χ2v) is 6.50. The zero-order valence-electron chi connectivity index (χ0n) is 14.8. The Labute approximate surface area is 153 Å². The predicted molar refractivity (Wildman–Crippen MR) is 103 cm³/mol. The lowest BCUT2D eigenvalue weighted by Gasteiger charge is -2.04. The Morgan fingerprint density at radius 1 is 1.07 bits per heavy atom. The molecule has 0 amide bonds. The molecule has 4 heterocycles. The van der Waals surface area contributed by atoms with Crippen molar-refractivity contribution in [3.05, 3.63) is 70.6 Å². The Morgan fingerprint density at radius 3 is 2.74 bits per heavy atom. The molecule has 1 aromatic carbocycles. The minimum atomic E-state index is -0.00576. The number of fused-ring (bicyclic) bond motifs is 2. The molecule has 0 aliphatic carbocycles. The van der Waals surface area contributed by atoms with Crippen molar-refractivity contribution in [2.45, 2.75) is 6.92 Å². The van der Waals surface area contributed by atoms with Gasteiger partial charge in [-0.1, -0.05) is 12.1 Å². The molecule has 5 rings (SSSR count). The van der Waals surface area contributed by atoms with E-state index >= 15 is 0 Å². The second kappa shape index (κ2) is 5.63. The number of nitrogens with one attached hydrogen (secondary N) is 1. The van der Waals surface area contributed by atoms with Crippen LogP contribution in [-0.2, 0) is 7.05 Å². The molecule has 0 radical (unpaired) electrons. The molecule has 4 aromatic heterocycles. The lowest BCUT2D eigenvalue weighted by Crippen LogP contribution is -2.09. The number of benzene rings is 1. The molecule has 5 aromatic rings. The summed E-state index contributed by atoms with van der Waals surface area (Å²) < 4.78 is 3.54. The Hall–Kier alpha value is -3.74. The molecule has 27 heavy (non-hydrogen) atoms. The van der Waals surface area contributed by atoms with Crippen LogP contribution in [0, 0.1) is 6.92 Å². The molecule has 0 aliphatic heterocycles. The first-order valence-corrected chi connectivity index (χ1v) is 8.58. The predicted octanol–water partition coefficient (Wildman–Crippen LogP) is 2.95. The Bertz CT molecular complexity index is 1370. The first kappa shape index (κ1) is 15.5. The Morgan fingerprint density at radius 2 is 1.93 bits per heavy atom. The molecule has 0 atom stereocenters. The van der Waals surface area contributed by atoms with E-state index in [9.17, 15) is 4.79 Å². The fourth-order valence-corrected chi connectivity index (χ4v) is 3.36. The molecule has 7 heteroatoms. The van der Waals surface area contributed by atoms with Crippen molar-refractivity contribution < 1.29 is 0 Å². The monoisotopic (exact) mass is 356 g/mol. The first-order chi connectivity index (χ1) is 13.1. The number of rotatable bonds is 2. The van der Waals surface area contributed by atoms with Crippen molar-refractivity contribution in [2.24, 2.45) is 7.05 Å². The quantitative estimate of drug-likeness (QED) is 0.527. The van der Waals surface area contributed by atoms with Crippen LogP contribution in [0.1, 0.15) is 5.56 Å². The van der Waals surface area contributed by atoms with Crippen molar-refractivity contribution in [3.8, 4) is 22.8 Å². The van der Waals surface area contributed by atoms with Crippen LogP contribution in [0.25, 0.3) is 39.3 Å². The van der Waals surface area contributed by atoms with Crippen LogP contribution in [0.2, 0.25) is 0 Å². The largest absolute Gasteiger partial charge is 0.351 e. The number of para-hydroxylation sites is 1. The molecule has 0 bridgehead atoms. The minimum Gasteiger partial charge on any atom is -0.351 e. The van der Waals surface area contributed by atoms with Gasteiger partial charge in [0.1, 0.15) is 0 Å².